The SMILES string of the molecule is Cc1c(Nc2cc[nH]c(=O)c2C(=O)Nc2ccc(N3CCN(C)CC3)cc2)cnc2c1NCCS2. The van der Waals surface area contributed by atoms with Crippen LogP contribution in [0, 0.1) is 6.92 Å². The number of aromatic nitrogens is 2. The minimum atomic E-state index is -0.473. The molecule has 1 fully saturated rings. The van der Waals surface area contributed by atoms with Crippen LogP contribution in [0.1, 0.15) is 15.9 Å². The van der Waals surface area contributed by atoms with E-state index in [1.54, 1.807) is 24.0 Å². The monoisotopic (exact) mass is 491 g/mol. The molecule has 4 heterocycles. The predicted octanol–water partition coefficient (Wildman–Crippen LogP) is 3.34. The van der Waals surface area contributed by atoms with Crippen LogP contribution in [0.15, 0.2) is 52.5 Å². The van der Waals surface area contributed by atoms with E-state index in [1.165, 1.54) is 6.20 Å². The summed E-state index contributed by atoms with van der Waals surface area (Å²) in [5.74, 6) is 0.500. The van der Waals surface area contributed by atoms with Crippen molar-refractivity contribution in [3.63, 3.8) is 0 Å². The molecule has 0 atom stereocenters. The molecule has 0 aliphatic carbocycles. The van der Waals surface area contributed by atoms with Gasteiger partial charge in [-0.05, 0) is 49.9 Å². The van der Waals surface area contributed by atoms with Gasteiger partial charge in [-0.3, -0.25) is 9.59 Å². The predicted molar refractivity (Wildman–Crippen MR) is 143 cm³/mol. The molecule has 35 heavy (non-hydrogen) atoms. The van der Waals surface area contributed by atoms with Crippen molar-refractivity contribution in [2.45, 2.75) is 11.9 Å². The number of aromatic amines is 1. The Hall–Kier alpha value is -3.50. The smallest absolute Gasteiger partial charge is 0.263 e. The van der Waals surface area contributed by atoms with Crippen LogP contribution >= 0.6 is 11.8 Å². The van der Waals surface area contributed by atoms with Crippen LogP contribution in [0.25, 0.3) is 0 Å². The number of carbonyl (C=O) groups is 1. The lowest BCUT2D eigenvalue weighted by Crippen LogP contribution is -2.44. The Bertz CT molecular complexity index is 1280. The molecule has 4 N–H and O–H groups in total. The average molecular weight is 492 g/mol. The molecule has 10 heteroatoms. The second-order valence-corrected chi connectivity index (χ2v) is 9.85. The van der Waals surface area contributed by atoms with Crippen molar-refractivity contribution in [1.29, 1.82) is 0 Å². The fraction of sp³-hybridized carbons (Fsp3) is 0.320. The van der Waals surface area contributed by atoms with Crippen LogP contribution in [-0.2, 0) is 0 Å². The number of pyridine rings is 2. The highest BCUT2D eigenvalue weighted by atomic mass is 32.2. The second kappa shape index (κ2) is 10.0. The highest BCUT2D eigenvalue weighted by Crippen LogP contribution is 2.36. The van der Waals surface area contributed by atoms with Crippen molar-refractivity contribution in [2.24, 2.45) is 0 Å². The van der Waals surface area contributed by atoms with Crippen LogP contribution in [-0.4, -0.2) is 66.3 Å². The molecule has 2 aliphatic rings. The molecule has 182 valence electrons. The number of anilines is 5. The van der Waals surface area contributed by atoms with E-state index in [1.807, 2.05) is 31.2 Å². The zero-order chi connectivity index (χ0) is 24.4. The minimum Gasteiger partial charge on any atom is -0.382 e. The van der Waals surface area contributed by atoms with E-state index in [0.29, 0.717) is 11.4 Å². The molecule has 3 aromatic rings. The molecule has 2 aromatic heterocycles. The number of H-pyrrole nitrogens is 1. The van der Waals surface area contributed by atoms with Gasteiger partial charge in [-0.1, -0.05) is 0 Å². The highest BCUT2D eigenvalue weighted by molar-refractivity contribution is 7.99. The number of hydrogen-bond acceptors (Lipinski definition) is 8. The zero-order valence-electron chi connectivity index (χ0n) is 19.9. The van der Waals surface area contributed by atoms with Gasteiger partial charge < -0.3 is 30.7 Å². The summed E-state index contributed by atoms with van der Waals surface area (Å²) >= 11 is 1.71. The molecule has 2 aliphatic heterocycles. The summed E-state index contributed by atoms with van der Waals surface area (Å²) in [7, 11) is 2.13. The maximum atomic E-state index is 13.2. The van der Waals surface area contributed by atoms with Gasteiger partial charge in [0.15, 0.2) is 0 Å². The first-order valence-electron chi connectivity index (χ1n) is 11.7. The molecule has 9 nitrogen and oxygen atoms in total. The van der Waals surface area contributed by atoms with Crippen molar-refractivity contribution in [1.82, 2.24) is 14.9 Å². The van der Waals surface area contributed by atoms with Gasteiger partial charge in [0.1, 0.15) is 10.6 Å². The number of nitrogens with zero attached hydrogens (tertiary/aromatic N) is 3. The normalized spacial score (nSPS) is 15.8. The third-order valence-corrected chi connectivity index (χ3v) is 7.39. The lowest BCUT2D eigenvalue weighted by molar-refractivity contribution is 0.102. The third kappa shape index (κ3) is 4.98. The van der Waals surface area contributed by atoms with E-state index in [4.69, 9.17) is 0 Å². The van der Waals surface area contributed by atoms with Crippen LogP contribution in [0.4, 0.5) is 28.4 Å². The van der Waals surface area contributed by atoms with E-state index >= 15 is 0 Å². The number of nitrogens with one attached hydrogen (secondary N) is 4. The summed E-state index contributed by atoms with van der Waals surface area (Å²) in [5.41, 5.74) is 4.47. The van der Waals surface area contributed by atoms with Crippen LogP contribution in [0.5, 0.6) is 0 Å². The van der Waals surface area contributed by atoms with E-state index in [2.05, 4.69) is 42.8 Å². The number of amides is 1. The first-order chi connectivity index (χ1) is 17.0. The summed E-state index contributed by atoms with van der Waals surface area (Å²) in [6.45, 7) is 6.87. The number of hydrogen-bond donors (Lipinski definition) is 4. The fourth-order valence-corrected chi connectivity index (χ4v) is 5.21. The van der Waals surface area contributed by atoms with E-state index in [9.17, 15) is 9.59 Å². The van der Waals surface area contributed by atoms with Gasteiger partial charge in [0, 0.05) is 56.0 Å². The summed E-state index contributed by atoms with van der Waals surface area (Å²) in [6.07, 6.45) is 3.27. The first-order valence-corrected chi connectivity index (χ1v) is 12.7. The molecule has 0 unspecified atom stereocenters. The molecular formula is C25H29N7O2S. The minimum absolute atomic E-state index is 0.0232. The molecular weight excluding hydrogens is 462 g/mol. The summed E-state index contributed by atoms with van der Waals surface area (Å²) in [5, 5.41) is 10.5. The molecule has 1 saturated heterocycles. The number of carbonyl (C=O) groups excluding carboxylic acids is 1. The van der Waals surface area contributed by atoms with Crippen molar-refractivity contribution < 1.29 is 4.79 Å². The fourth-order valence-electron chi connectivity index (χ4n) is 4.31. The number of rotatable bonds is 5. The highest BCUT2D eigenvalue weighted by Gasteiger charge is 2.20. The van der Waals surface area contributed by atoms with E-state index < -0.39 is 11.5 Å². The maximum absolute atomic E-state index is 13.2. The summed E-state index contributed by atoms with van der Waals surface area (Å²) in [4.78, 5) is 37.6. The average Bonchev–Trinajstić information content (AvgIpc) is 2.87. The van der Waals surface area contributed by atoms with Gasteiger partial charge in [-0.2, -0.15) is 0 Å². The molecule has 5 rings (SSSR count). The number of thioether (sulfide) groups is 1. The lowest BCUT2D eigenvalue weighted by atomic mass is 10.1. The van der Waals surface area contributed by atoms with Crippen LogP contribution in [0.3, 0.4) is 0 Å². The topological polar surface area (TPSA) is 105 Å². The van der Waals surface area contributed by atoms with Gasteiger partial charge in [-0.15, -0.1) is 11.8 Å². The van der Waals surface area contributed by atoms with Crippen molar-refractivity contribution in [2.75, 3.05) is 66.4 Å². The second-order valence-electron chi connectivity index (χ2n) is 8.76. The first kappa shape index (κ1) is 23.3. The number of benzene rings is 1. The quantitative estimate of drug-likeness (QED) is 0.431. The lowest BCUT2D eigenvalue weighted by Gasteiger charge is -2.34. The van der Waals surface area contributed by atoms with Crippen molar-refractivity contribution in [3.05, 3.63) is 64.2 Å². The zero-order valence-corrected chi connectivity index (χ0v) is 20.7. The Morgan fingerprint density at radius 2 is 1.86 bits per heavy atom. The Kier molecular flexibility index (Phi) is 6.65. The molecule has 0 bridgehead atoms. The number of piperazine rings is 1. The van der Waals surface area contributed by atoms with Gasteiger partial charge >= 0.3 is 0 Å². The van der Waals surface area contributed by atoms with Gasteiger partial charge in [-0.25, -0.2) is 4.98 Å². The Morgan fingerprint density at radius 3 is 2.63 bits per heavy atom. The Labute approximate surface area is 208 Å². The van der Waals surface area contributed by atoms with Gasteiger partial charge in [0.05, 0.1) is 23.3 Å². The van der Waals surface area contributed by atoms with Crippen molar-refractivity contribution in [3.8, 4) is 0 Å². The molecule has 1 amide bonds. The molecule has 1 aromatic carbocycles. The van der Waals surface area contributed by atoms with E-state index in [-0.39, 0.29) is 5.56 Å². The summed E-state index contributed by atoms with van der Waals surface area (Å²) in [6, 6.07) is 9.44. The number of fused-ring (bicyclic) bond motifs is 1. The van der Waals surface area contributed by atoms with Gasteiger partial charge in [0.2, 0.25) is 0 Å². The standard InChI is InChI=1S/C25H29N7O2S/c1-16-20(15-28-25-22(16)26-9-14-35-25)30-19-7-8-27-23(33)21(19)24(34)29-17-3-5-18(6-4-17)32-12-10-31(2)11-13-32/h3-8,15,26H,9-14H2,1-2H3,(H,29,34)(H2,27,30,33). The van der Waals surface area contributed by atoms with Crippen molar-refractivity contribution >= 4 is 46.1 Å². The van der Waals surface area contributed by atoms with Crippen LogP contribution in [0.2, 0.25) is 0 Å². The van der Waals surface area contributed by atoms with E-state index in [0.717, 1.165) is 66.1 Å². The Morgan fingerprint density at radius 1 is 1.09 bits per heavy atom. The molecule has 0 radical (unpaired) electrons. The third-order valence-electron chi connectivity index (χ3n) is 6.40. The summed E-state index contributed by atoms with van der Waals surface area (Å²) < 4.78 is 0. The maximum Gasteiger partial charge on any atom is 0.263 e. The van der Waals surface area contributed by atoms with Gasteiger partial charge in [0.25, 0.3) is 11.5 Å². The van der Waals surface area contributed by atoms with Crippen LogP contribution < -0.4 is 26.4 Å². The molecule has 0 spiro atoms. The molecule has 0 saturated carbocycles. The largest absolute Gasteiger partial charge is 0.382 e. The Balaban J connectivity index is 1.34. The number of likely N-dealkylation sites (N-methyl/N-ethyl adjacent to an activating group) is 1.